The van der Waals surface area contributed by atoms with Crippen LogP contribution >= 0.6 is 11.8 Å². The monoisotopic (exact) mass is 769 g/mol. The molecule has 0 fully saturated rings. The molecule has 6 N–H and O–H groups in total. The second-order valence-electron chi connectivity index (χ2n) is 14.3. The molecule has 0 aromatic heterocycles. The predicted molar refractivity (Wildman–Crippen MR) is 206 cm³/mol. The molecule has 0 saturated carbocycles. The Balaban J connectivity index is 2.19. The number of ether oxygens (including phenoxy) is 1. The van der Waals surface area contributed by atoms with Gasteiger partial charge in [0.2, 0.25) is 23.5 Å². The number of carboxylic acid groups (broad SMARTS) is 1. The molecule has 14 nitrogen and oxygen atoms in total. The maximum absolute atomic E-state index is 14.0. The average Bonchev–Trinajstić information content (AvgIpc) is 3.12. The van der Waals surface area contributed by atoms with Gasteiger partial charge in [-0.05, 0) is 49.7 Å². The highest BCUT2D eigenvalue weighted by Crippen LogP contribution is 2.32. The molecule has 4 atom stereocenters. The van der Waals surface area contributed by atoms with Gasteiger partial charge in [-0.3, -0.25) is 24.0 Å². The van der Waals surface area contributed by atoms with Gasteiger partial charge in [-0.15, -0.1) is 11.8 Å². The van der Waals surface area contributed by atoms with E-state index in [9.17, 15) is 38.7 Å². The normalized spacial score (nSPS) is 13.5. The average molecular weight is 770 g/mol. The molecule has 15 heteroatoms. The van der Waals surface area contributed by atoms with E-state index in [1.165, 1.54) is 23.9 Å². The maximum Gasteiger partial charge on any atom is 0.407 e. The van der Waals surface area contributed by atoms with Crippen LogP contribution in [0.1, 0.15) is 84.9 Å². The van der Waals surface area contributed by atoms with E-state index in [0.717, 1.165) is 5.56 Å². The maximum atomic E-state index is 14.0. The minimum absolute atomic E-state index is 0.0598. The summed E-state index contributed by atoms with van der Waals surface area (Å²) in [6.07, 6.45) is -0.128. The summed E-state index contributed by atoms with van der Waals surface area (Å²) >= 11 is 1.44. The van der Waals surface area contributed by atoms with E-state index in [1.54, 1.807) is 25.1 Å². The molecule has 0 aliphatic carbocycles. The lowest BCUT2D eigenvalue weighted by Gasteiger charge is -2.34. The van der Waals surface area contributed by atoms with Gasteiger partial charge in [0.1, 0.15) is 12.1 Å². The summed E-state index contributed by atoms with van der Waals surface area (Å²) < 4.78 is 4.44. The molecule has 2 aromatic carbocycles. The summed E-state index contributed by atoms with van der Waals surface area (Å²) in [4.78, 5) is 91.1. The van der Waals surface area contributed by atoms with E-state index in [4.69, 9.17) is 4.74 Å². The lowest BCUT2D eigenvalue weighted by molar-refractivity contribution is -0.142. The Hall–Kier alpha value is -4.92. The zero-order chi connectivity index (χ0) is 40.4. The molecule has 1 unspecified atom stereocenters. The first kappa shape index (κ1) is 45.2. The third-order valence-electron chi connectivity index (χ3n) is 8.09. The van der Waals surface area contributed by atoms with Crippen molar-refractivity contribution in [2.75, 3.05) is 13.2 Å². The number of alkyl carbamates (subject to hydrolysis) is 1. The second kappa shape index (κ2) is 22.3. The zero-order valence-corrected chi connectivity index (χ0v) is 32.9. The lowest BCUT2D eigenvalue weighted by Crippen LogP contribution is -2.61. The van der Waals surface area contributed by atoms with Crippen LogP contribution in [0.4, 0.5) is 4.79 Å². The molecule has 0 bridgehead atoms. The molecule has 0 spiro atoms. The van der Waals surface area contributed by atoms with Crippen LogP contribution in [0.3, 0.4) is 0 Å². The summed E-state index contributed by atoms with van der Waals surface area (Å²) in [6, 6.07) is 12.7. The molecule has 54 heavy (non-hydrogen) atoms. The van der Waals surface area contributed by atoms with Crippen molar-refractivity contribution in [3.05, 3.63) is 71.8 Å². The van der Waals surface area contributed by atoms with E-state index in [0.29, 0.717) is 17.7 Å². The quantitative estimate of drug-likeness (QED) is 0.0953. The Morgan fingerprint density at radius 1 is 0.778 bits per heavy atom. The van der Waals surface area contributed by atoms with Gasteiger partial charge in [-0.1, -0.05) is 102 Å². The van der Waals surface area contributed by atoms with Crippen molar-refractivity contribution in [2.45, 2.75) is 102 Å². The molecule has 0 saturated heterocycles. The van der Waals surface area contributed by atoms with Crippen molar-refractivity contribution in [1.29, 1.82) is 0 Å². The Morgan fingerprint density at radius 2 is 1.37 bits per heavy atom. The third kappa shape index (κ3) is 15.6. The van der Waals surface area contributed by atoms with Crippen molar-refractivity contribution < 1.29 is 43.4 Å². The Kier molecular flexibility index (Phi) is 18.7. The number of rotatable bonds is 22. The molecular formula is C39H55N5O9S. The van der Waals surface area contributed by atoms with E-state index in [1.807, 2.05) is 71.9 Å². The highest BCUT2D eigenvalue weighted by molar-refractivity contribution is 7.99. The van der Waals surface area contributed by atoms with Crippen LogP contribution in [-0.4, -0.2) is 82.6 Å². The number of benzene rings is 2. The Morgan fingerprint density at radius 3 is 1.93 bits per heavy atom. The highest BCUT2D eigenvalue weighted by atomic mass is 32.2. The molecule has 5 amide bonds. The third-order valence-corrected chi connectivity index (χ3v) is 9.55. The topological polar surface area (TPSA) is 209 Å². The van der Waals surface area contributed by atoms with Crippen LogP contribution in [0.5, 0.6) is 0 Å². The van der Waals surface area contributed by atoms with Crippen LogP contribution in [0.2, 0.25) is 0 Å². The van der Waals surface area contributed by atoms with Crippen LogP contribution in [0.15, 0.2) is 60.7 Å². The van der Waals surface area contributed by atoms with Crippen molar-refractivity contribution in [3.63, 3.8) is 0 Å². The number of amides is 5. The Labute approximate surface area is 321 Å². The lowest BCUT2D eigenvalue weighted by atomic mass is 9.98. The number of carbonyl (C=O) groups excluding carboxylic acids is 6. The van der Waals surface area contributed by atoms with Crippen LogP contribution in [0, 0.1) is 11.8 Å². The SMILES string of the molecule is CCCC(NC(=O)[C@H](CC(C)C)NC(=O)[C@@H](NC(=O)OCC(C)C)C(C)(C)SCc1ccccc1)C(=O)C(=O)NCC(=O)N[C@H](C(=O)O)c1ccccc1. The summed E-state index contributed by atoms with van der Waals surface area (Å²) in [5.74, 6) is -5.16. The second-order valence-corrected chi connectivity index (χ2v) is 15.9. The summed E-state index contributed by atoms with van der Waals surface area (Å²) in [5, 5.41) is 22.2. The zero-order valence-electron chi connectivity index (χ0n) is 32.1. The van der Waals surface area contributed by atoms with Gasteiger partial charge in [-0.25, -0.2) is 9.59 Å². The number of aliphatic carboxylic acids is 1. The van der Waals surface area contributed by atoms with Crippen molar-refractivity contribution in [3.8, 4) is 0 Å². The summed E-state index contributed by atoms with van der Waals surface area (Å²) in [7, 11) is 0. The minimum atomic E-state index is -1.37. The largest absolute Gasteiger partial charge is 0.479 e. The van der Waals surface area contributed by atoms with Crippen molar-refractivity contribution in [1.82, 2.24) is 26.6 Å². The highest BCUT2D eigenvalue weighted by Gasteiger charge is 2.40. The smallest absolute Gasteiger partial charge is 0.407 e. The first-order chi connectivity index (χ1) is 25.4. The van der Waals surface area contributed by atoms with Crippen molar-refractivity contribution in [2.24, 2.45) is 11.8 Å². The Bertz CT molecular complexity index is 1570. The minimum Gasteiger partial charge on any atom is -0.479 e. The molecular weight excluding hydrogens is 715 g/mol. The first-order valence-corrected chi connectivity index (χ1v) is 19.0. The van der Waals surface area contributed by atoms with E-state index >= 15 is 0 Å². The number of hydrogen-bond donors (Lipinski definition) is 6. The number of carboxylic acids is 1. The number of ketones is 1. The fourth-order valence-corrected chi connectivity index (χ4v) is 6.29. The van der Waals surface area contributed by atoms with Gasteiger partial charge in [0.15, 0.2) is 6.04 Å². The predicted octanol–water partition coefficient (Wildman–Crippen LogP) is 3.89. The number of hydrogen-bond acceptors (Lipinski definition) is 9. The molecule has 2 rings (SSSR count). The van der Waals surface area contributed by atoms with Gasteiger partial charge in [0, 0.05) is 10.5 Å². The molecule has 0 aliphatic heterocycles. The first-order valence-electron chi connectivity index (χ1n) is 18.1. The van der Waals surface area contributed by atoms with E-state index < -0.39 is 76.9 Å². The van der Waals surface area contributed by atoms with Gasteiger partial charge in [-0.2, -0.15) is 0 Å². The van der Waals surface area contributed by atoms with E-state index in [-0.39, 0.29) is 31.3 Å². The molecule has 0 radical (unpaired) electrons. The summed E-state index contributed by atoms with van der Waals surface area (Å²) in [5.41, 5.74) is 1.33. The molecule has 2 aromatic rings. The van der Waals surface area contributed by atoms with E-state index in [2.05, 4.69) is 26.6 Å². The summed E-state index contributed by atoms with van der Waals surface area (Å²) in [6.45, 7) is 12.3. The molecule has 0 aliphatic rings. The standard InChI is InChI=1S/C39H55N5O9S/c1-8-15-28(32(46)35(48)40-21-30(45)43-31(37(50)51)27-18-13-10-14-19-27)41-34(47)29(20-24(2)3)42-36(49)33(44-38(52)53-22-25(4)5)39(6,7)54-23-26-16-11-9-12-17-26/h9-14,16-19,24-25,28-29,31,33H,8,15,20-23H2,1-7H3,(H,40,48)(H,41,47)(H,42,49)(H,43,45)(H,44,52)(H,50,51)/t28?,29-,31-,33+/m0/s1. The molecule has 296 valence electrons. The molecule has 0 heterocycles. The number of nitrogens with one attached hydrogen (secondary N) is 5. The fourth-order valence-electron chi connectivity index (χ4n) is 5.22. The van der Waals surface area contributed by atoms with Crippen LogP contribution < -0.4 is 26.6 Å². The number of carbonyl (C=O) groups is 7. The van der Waals surface area contributed by atoms with Crippen LogP contribution in [-0.2, 0) is 39.3 Å². The number of thioether (sulfide) groups is 1. The van der Waals surface area contributed by atoms with Gasteiger partial charge in [0.05, 0.1) is 19.2 Å². The van der Waals surface area contributed by atoms with Gasteiger partial charge >= 0.3 is 12.1 Å². The van der Waals surface area contributed by atoms with Gasteiger partial charge < -0.3 is 36.4 Å². The number of Topliss-reactive ketones (excluding diaryl/α,β-unsaturated/α-hetero) is 1. The van der Waals surface area contributed by atoms with Crippen LogP contribution in [0.25, 0.3) is 0 Å². The van der Waals surface area contributed by atoms with Gasteiger partial charge in [0.25, 0.3) is 5.91 Å². The fraction of sp³-hybridized carbons (Fsp3) is 0.513. The van der Waals surface area contributed by atoms with Crippen molar-refractivity contribution >= 4 is 53.2 Å².